The second-order valence-corrected chi connectivity index (χ2v) is 8.60. The first-order chi connectivity index (χ1) is 16.6. The van der Waals surface area contributed by atoms with Gasteiger partial charge in [0.1, 0.15) is 0 Å². The number of amides is 2. The Hall–Kier alpha value is -3.91. The first-order valence-corrected chi connectivity index (χ1v) is 11.8. The summed E-state index contributed by atoms with van der Waals surface area (Å²) >= 11 is 1.29. The average molecular weight is 472 g/mol. The summed E-state index contributed by atoms with van der Waals surface area (Å²) in [5.74, 6) is 0.464. The van der Waals surface area contributed by atoms with E-state index < -0.39 is 0 Å². The summed E-state index contributed by atoms with van der Waals surface area (Å²) in [6.45, 7) is 6.38. The molecule has 0 fully saturated rings. The third-order valence-electron chi connectivity index (χ3n) is 5.30. The van der Waals surface area contributed by atoms with Gasteiger partial charge in [0.25, 0.3) is 5.91 Å². The lowest BCUT2D eigenvalue weighted by molar-refractivity contribution is -0.113. The van der Waals surface area contributed by atoms with Crippen molar-refractivity contribution in [2.24, 2.45) is 0 Å². The molecule has 1 aromatic heterocycles. The number of fused-ring (bicyclic) bond motifs is 1. The number of hydrogen-bond donors (Lipinski definition) is 2. The lowest BCUT2D eigenvalue weighted by atomic mass is 10.1. The number of nitrogens with one attached hydrogen (secondary N) is 2. The van der Waals surface area contributed by atoms with Crippen LogP contribution in [0.1, 0.15) is 21.7 Å². The molecule has 7 nitrogen and oxygen atoms in total. The van der Waals surface area contributed by atoms with Crippen LogP contribution in [-0.4, -0.2) is 32.3 Å². The minimum Gasteiger partial charge on any atom is -0.345 e. The highest BCUT2D eigenvalue weighted by Gasteiger charge is 2.16. The summed E-state index contributed by atoms with van der Waals surface area (Å²) in [4.78, 5) is 25.2. The molecule has 4 rings (SSSR count). The van der Waals surface area contributed by atoms with Gasteiger partial charge >= 0.3 is 0 Å². The van der Waals surface area contributed by atoms with Crippen LogP contribution < -0.4 is 10.6 Å². The van der Waals surface area contributed by atoms with Crippen molar-refractivity contribution >= 4 is 40.0 Å². The number of thioether (sulfide) groups is 1. The third-order valence-corrected chi connectivity index (χ3v) is 6.26. The molecule has 3 aromatic carbocycles. The lowest BCUT2D eigenvalue weighted by Crippen LogP contribution is -2.25. The van der Waals surface area contributed by atoms with Gasteiger partial charge < -0.3 is 15.2 Å². The average Bonchev–Trinajstić information content (AvgIpc) is 3.23. The van der Waals surface area contributed by atoms with Crippen molar-refractivity contribution in [2.45, 2.75) is 25.2 Å². The fourth-order valence-electron chi connectivity index (χ4n) is 3.60. The number of aryl methyl sites for hydroxylation is 1. The van der Waals surface area contributed by atoms with Crippen LogP contribution in [0.2, 0.25) is 0 Å². The van der Waals surface area contributed by atoms with Crippen molar-refractivity contribution in [3.8, 4) is 0 Å². The summed E-state index contributed by atoms with van der Waals surface area (Å²) in [7, 11) is 0. The predicted molar refractivity (Wildman–Crippen MR) is 136 cm³/mol. The molecule has 34 heavy (non-hydrogen) atoms. The Kier molecular flexibility index (Phi) is 7.39. The van der Waals surface area contributed by atoms with Crippen LogP contribution in [0.25, 0.3) is 10.8 Å². The van der Waals surface area contributed by atoms with Crippen molar-refractivity contribution in [3.63, 3.8) is 0 Å². The second kappa shape index (κ2) is 10.8. The Bertz CT molecular complexity index is 1340. The first-order valence-electron chi connectivity index (χ1n) is 10.8. The van der Waals surface area contributed by atoms with Gasteiger partial charge in [-0.25, -0.2) is 0 Å². The highest BCUT2D eigenvalue weighted by atomic mass is 32.2. The molecule has 0 aliphatic rings. The zero-order chi connectivity index (χ0) is 23.9. The monoisotopic (exact) mass is 471 g/mol. The van der Waals surface area contributed by atoms with Crippen molar-refractivity contribution in [2.75, 3.05) is 11.1 Å². The number of carbonyl (C=O) groups excluding carboxylic acids is 2. The van der Waals surface area contributed by atoms with Gasteiger partial charge in [-0.3, -0.25) is 9.59 Å². The van der Waals surface area contributed by atoms with Crippen LogP contribution in [0, 0.1) is 6.92 Å². The minimum absolute atomic E-state index is 0.135. The number of aromatic nitrogens is 3. The topological polar surface area (TPSA) is 88.9 Å². The van der Waals surface area contributed by atoms with E-state index in [2.05, 4.69) is 27.4 Å². The van der Waals surface area contributed by atoms with E-state index in [1.165, 1.54) is 11.8 Å². The number of benzene rings is 3. The molecule has 4 aromatic rings. The smallest absolute Gasteiger partial charge is 0.251 e. The van der Waals surface area contributed by atoms with Crippen LogP contribution in [0.5, 0.6) is 0 Å². The molecule has 0 aliphatic heterocycles. The van der Waals surface area contributed by atoms with Gasteiger partial charge in [0, 0.05) is 23.2 Å². The Balaban J connectivity index is 1.40. The number of hydrogen-bond acceptors (Lipinski definition) is 5. The predicted octanol–water partition coefficient (Wildman–Crippen LogP) is 4.59. The van der Waals surface area contributed by atoms with Gasteiger partial charge in [0.05, 0.1) is 12.3 Å². The molecule has 8 heteroatoms. The van der Waals surface area contributed by atoms with E-state index in [1.54, 1.807) is 12.1 Å². The molecule has 0 radical (unpaired) electrons. The van der Waals surface area contributed by atoms with Gasteiger partial charge in [0.15, 0.2) is 11.0 Å². The summed E-state index contributed by atoms with van der Waals surface area (Å²) in [5, 5.41) is 17.0. The molecular formula is C26H25N5O2S. The summed E-state index contributed by atoms with van der Waals surface area (Å²) in [5.41, 5.74) is 2.30. The molecule has 0 atom stereocenters. The molecule has 0 saturated heterocycles. The van der Waals surface area contributed by atoms with Crippen molar-refractivity contribution in [3.05, 3.63) is 96.3 Å². The van der Waals surface area contributed by atoms with Gasteiger partial charge in [-0.05, 0) is 30.0 Å². The van der Waals surface area contributed by atoms with Crippen LogP contribution in [0.4, 0.5) is 5.69 Å². The van der Waals surface area contributed by atoms with Gasteiger partial charge in [-0.15, -0.1) is 16.8 Å². The second-order valence-electron chi connectivity index (χ2n) is 7.66. The van der Waals surface area contributed by atoms with Gasteiger partial charge in [0.2, 0.25) is 5.91 Å². The van der Waals surface area contributed by atoms with E-state index in [4.69, 9.17) is 0 Å². The number of carbonyl (C=O) groups is 2. The molecule has 1 heterocycles. The molecule has 0 spiro atoms. The minimum atomic E-state index is -0.171. The SMILES string of the molecule is C=CCn1c(CNC(=O)c2ccccc2C)nnc1SCC(=O)Nc1cccc2ccccc12. The lowest BCUT2D eigenvalue weighted by Gasteiger charge is -2.10. The van der Waals surface area contributed by atoms with E-state index >= 15 is 0 Å². The molecule has 172 valence electrons. The first kappa shape index (κ1) is 23.3. The van der Waals surface area contributed by atoms with E-state index in [1.807, 2.05) is 72.2 Å². The zero-order valence-corrected chi connectivity index (χ0v) is 19.6. The molecule has 0 saturated carbocycles. The maximum absolute atomic E-state index is 12.6. The number of anilines is 1. The maximum atomic E-state index is 12.6. The summed E-state index contributed by atoms with van der Waals surface area (Å²) < 4.78 is 1.85. The molecule has 2 amide bonds. The Morgan fingerprint density at radius 3 is 2.62 bits per heavy atom. The van der Waals surface area contributed by atoms with E-state index in [9.17, 15) is 9.59 Å². The van der Waals surface area contributed by atoms with Crippen LogP contribution in [0.3, 0.4) is 0 Å². The highest BCUT2D eigenvalue weighted by molar-refractivity contribution is 7.99. The van der Waals surface area contributed by atoms with Crippen LogP contribution >= 0.6 is 11.8 Å². The molecule has 2 N–H and O–H groups in total. The number of allylic oxidation sites excluding steroid dienone is 1. The normalized spacial score (nSPS) is 10.7. The Labute approximate surface area is 202 Å². The fourth-order valence-corrected chi connectivity index (χ4v) is 4.37. The van der Waals surface area contributed by atoms with Gasteiger partial charge in [-0.2, -0.15) is 0 Å². The van der Waals surface area contributed by atoms with E-state index in [0.717, 1.165) is 22.0 Å². The Morgan fingerprint density at radius 1 is 1.03 bits per heavy atom. The quantitative estimate of drug-likeness (QED) is 0.275. The molecule has 0 unspecified atom stereocenters. The Morgan fingerprint density at radius 2 is 1.79 bits per heavy atom. The third kappa shape index (κ3) is 5.35. The van der Waals surface area contributed by atoms with E-state index in [0.29, 0.717) is 23.1 Å². The van der Waals surface area contributed by atoms with Crippen LogP contribution in [0.15, 0.2) is 84.5 Å². The zero-order valence-electron chi connectivity index (χ0n) is 18.8. The molecule has 0 aliphatic carbocycles. The summed E-state index contributed by atoms with van der Waals surface area (Å²) in [6, 6.07) is 21.1. The fraction of sp³-hybridized carbons (Fsp3) is 0.154. The van der Waals surface area contributed by atoms with Crippen molar-refractivity contribution in [1.82, 2.24) is 20.1 Å². The van der Waals surface area contributed by atoms with E-state index in [-0.39, 0.29) is 24.1 Å². The standard InChI is InChI=1S/C26H25N5O2S/c1-3-15-31-23(16-27-25(33)20-12-6-4-9-18(20)2)29-30-26(31)34-17-24(32)28-22-14-8-11-19-10-5-7-13-21(19)22/h3-14H,1,15-17H2,2H3,(H,27,33)(H,28,32). The van der Waals surface area contributed by atoms with Crippen molar-refractivity contribution in [1.29, 1.82) is 0 Å². The molecular weight excluding hydrogens is 446 g/mol. The van der Waals surface area contributed by atoms with Gasteiger partial charge in [-0.1, -0.05) is 72.4 Å². The highest BCUT2D eigenvalue weighted by Crippen LogP contribution is 2.24. The van der Waals surface area contributed by atoms with Crippen molar-refractivity contribution < 1.29 is 9.59 Å². The maximum Gasteiger partial charge on any atom is 0.251 e. The van der Waals surface area contributed by atoms with Crippen LogP contribution in [-0.2, 0) is 17.9 Å². The number of nitrogens with zero attached hydrogens (tertiary/aromatic N) is 3. The summed E-state index contributed by atoms with van der Waals surface area (Å²) in [6.07, 6.45) is 1.73. The largest absolute Gasteiger partial charge is 0.345 e. The molecule has 0 bridgehead atoms. The number of rotatable bonds is 9.